The van der Waals surface area contributed by atoms with Crippen molar-refractivity contribution in [2.75, 3.05) is 20.1 Å². The summed E-state index contributed by atoms with van der Waals surface area (Å²) in [6, 6.07) is 7.37. The Labute approximate surface area is 136 Å². The van der Waals surface area contributed by atoms with Gasteiger partial charge in [-0.2, -0.15) is 0 Å². The molecule has 20 heavy (non-hydrogen) atoms. The first kappa shape index (κ1) is 16.3. The van der Waals surface area contributed by atoms with Crippen molar-refractivity contribution in [1.29, 1.82) is 0 Å². The zero-order valence-electron chi connectivity index (χ0n) is 12.5. The van der Waals surface area contributed by atoms with Gasteiger partial charge in [0.1, 0.15) is 0 Å². The fourth-order valence-electron chi connectivity index (χ4n) is 3.08. The van der Waals surface area contributed by atoms with Gasteiger partial charge in [0.25, 0.3) is 0 Å². The van der Waals surface area contributed by atoms with Crippen molar-refractivity contribution >= 4 is 27.5 Å². The minimum absolute atomic E-state index is 0.459. The van der Waals surface area contributed by atoms with Crippen LogP contribution in [-0.2, 0) is 0 Å². The van der Waals surface area contributed by atoms with Gasteiger partial charge in [-0.05, 0) is 66.0 Å². The summed E-state index contributed by atoms with van der Waals surface area (Å²) in [7, 11) is 2.22. The SMILES string of the molecule is CC(C)NCC1CCCN(C)C1c1ccc(Br)c(Cl)c1. The molecule has 0 aliphatic carbocycles. The zero-order valence-corrected chi connectivity index (χ0v) is 14.8. The van der Waals surface area contributed by atoms with Gasteiger partial charge >= 0.3 is 0 Å². The molecule has 0 amide bonds. The van der Waals surface area contributed by atoms with Crippen LogP contribution in [0.5, 0.6) is 0 Å². The molecular weight excluding hydrogens is 336 g/mol. The van der Waals surface area contributed by atoms with E-state index >= 15 is 0 Å². The average Bonchev–Trinajstić information content (AvgIpc) is 2.40. The number of hydrogen-bond acceptors (Lipinski definition) is 2. The first-order valence-electron chi connectivity index (χ1n) is 7.37. The van der Waals surface area contributed by atoms with Gasteiger partial charge in [0.2, 0.25) is 0 Å². The molecule has 2 unspecified atom stereocenters. The van der Waals surface area contributed by atoms with Crippen LogP contribution in [0, 0.1) is 5.92 Å². The lowest BCUT2D eigenvalue weighted by Crippen LogP contribution is -2.41. The predicted octanol–water partition coefficient (Wildman–Crippen LogP) is 4.48. The average molecular weight is 360 g/mol. The number of piperidine rings is 1. The first-order chi connectivity index (χ1) is 9.49. The number of halogens is 2. The van der Waals surface area contributed by atoms with Crippen molar-refractivity contribution < 1.29 is 0 Å². The second-order valence-electron chi connectivity index (χ2n) is 6.06. The Morgan fingerprint density at radius 3 is 2.85 bits per heavy atom. The lowest BCUT2D eigenvalue weighted by Gasteiger charge is -2.40. The summed E-state index contributed by atoms with van der Waals surface area (Å²) < 4.78 is 0.971. The Bertz CT molecular complexity index is 450. The summed E-state index contributed by atoms with van der Waals surface area (Å²) >= 11 is 9.75. The highest BCUT2D eigenvalue weighted by atomic mass is 79.9. The fraction of sp³-hybridized carbons (Fsp3) is 0.625. The summed E-state index contributed by atoms with van der Waals surface area (Å²) in [4.78, 5) is 2.47. The van der Waals surface area contributed by atoms with E-state index in [4.69, 9.17) is 11.6 Å². The predicted molar refractivity (Wildman–Crippen MR) is 90.4 cm³/mol. The molecule has 0 bridgehead atoms. The molecule has 1 aliphatic rings. The summed E-state index contributed by atoms with van der Waals surface area (Å²) in [6.45, 7) is 6.65. The van der Waals surface area contributed by atoms with Gasteiger partial charge in [-0.25, -0.2) is 0 Å². The van der Waals surface area contributed by atoms with Crippen LogP contribution in [0.15, 0.2) is 22.7 Å². The molecule has 2 atom stereocenters. The zero-order chi connectivity index (χ0) is 14.7. The van der Waals surface area contributed by atoms with Gasteiger partial charge in [-0.1, -0.05) is 31.5 Å². The lowest BCUT2D eigenvalue weighted by molar-refractivity contribution is 0.118. The number of hydrogen-bond donors (Lipinski definition) is 1. The molecule has 1 N–H and O–H groups in total. The van der Waals surface area contributed by atoms with E-state index in [1.807, 2.05) is 0 Å². The van der Waals surface area contributed by atoms with Crippen LogP contribution in [0.2, 0.25) is 5.02 Å². The van der Waals surface area contributed by atoms with Crippen LogP contribution in [0.4, 0.5) is 0 Å². The molecule has 2 rings (SSSR count). The van der Waals surface area contributed by atoms with Crippen molar-refractivity contribution in [3.05, 3.63) is 33.3 Å². The molecule has 2 nitrogen and oxygen atoms in total. The lowest BCUT2D eigenvalue weighted by atomic mass is 9.85. The van der Waals surface area contributed by atoms with Gasteiger partial charge in [0.15, 0.2) is 0 Å². The highest BCUT2D eigenvalue weighted by Gasteiger charge is 2.30. The van der Waals surface area contributed by atoms with Crippen molar-refractivity contribution in [1.82, 2.24) is 10.2 Å². The van der Waals surface area contributed by atoms with Gasteiger partial charge in [-0.15, -0.1) is 0 Å². The topological polar surface area (TPSA) is 15.3 Å². The first-order valence-corrected chi connectivity index (χ1v) is 8.54. The summed E-state index contributed by atoms with van der Waals surface area (Å²) in [5.74, 6) is 0.647. The van der Waals surface area contributed by atoms with E-state index in [1.54, 1.807) is 0 Å². The maximum absolute atomic E-state index is 6.27. The van der Waals surface area contributed by atoms with Crippen molar-refractivity contribution in [3.8, 4) is 0 Å². The maximum Gasteiger partial charge on any atom is 0.0551 e. The molecule has 1 aromatic carbocycles. The molecule has 1 saturated heterocycles. The Morgan fingerprint density at radius 2 is 2.20 bits per heavy atom. The third kappa shape index (κ3) is 3.97. The van der Waals surface area contributed by atoms with Gasteiger partial charge in [-0.3, -0.25) is 4.90 Å². The molecule has 1 aromatic rings. The molecule has 112 valence electrons. The fourth-order valence-corrected chi connectivity index (χ4v) is 3.52. The Hall–Kier alpha value is -0.0900. The second kappa shape index (κ2) is 7.26. The standard InChI is InChI=1S/C16H24BrClN2/c1-11(2)19-10-13-5-4-8-20(3)16(13)12-6-7-14(17)15(18)9-12/h6-7,9,11,13,16,19H,4-5,8,10H2,1-3H3. The summed E-state index contributed by atoms with van der Waals surface area (Å²) in [5.41, 5.74) is 1.33. The quantitative estimate of drug-likeness (QED) is 0.852. The molecule has 0 saturated carbocycles. The van der Waals surface area contributed by atoms with Gasteiger partial charge in [0, 0.05) is 23.1 Å². The molecule has 0 aromatic heterocycles. The molecule has 1 aliphatic heterocycles. The van der Waals surface area contributed by atoms with Crippen LogP contribution in [0.1, 0.15) is 38.3 Å². The number of nitrogens with one attached hydrogen (secondary N) is 1. The van der Waals surface area contributed by atoms with Crippen LogP contribution < -0.4 is 5.32 Å². The molecule has 0 radical (unpaired) electrons. The van der Waals surface area contributed by atoms with E-state index in [9.17, 15) is 0 Å². The number of likely N-dealkylation sites (tertiary alicyclic amines) is 1. The van der Waals surface area contributed by atoms with Crippen LogP contribution >= 0.6 is 27.5 Å². The number of benzene rings is 1. The Morgan fingerprint density at radius 1 is 1.45 bits per heavy atom. The Kier molecular flexibility index (Phi) is 5.91. The second-order valence-corrected chi connectivity index (χ2v) is 7.33. The van der Waals surface area contributed by atoms with Crippen molar-refractivity contribution in [2.45, 2.75) is 38.8 Å². The van der Waals surface area contributed by atoms with E-state index in [2.05, 4.69) is 65.2 Å². The third-order valence-corrected chi connectivity index (χ3v) is 5.31. The number of nitrogens with zero attached hydrogens (tertiary/aromatic N) is 1. The van der Waals surface area contributed by atoms with Crippen molar-refractivity contribution in [3.63, 3.8) is 0 Å². The van der Waals surface area contributed by atoms with E-state index in [-0.39, 0.29) is 0 Å². The smallest absolute Gasteiger partial charge is 0.0551 e. The minimum Gasteiger partial charge on any atom is -0.314 e. The van der Waals surface area contributed by atoms with Crippen molar-refractivity contribution in [2.24, 2.45) is 5.92 Å². The monoisotopic (exact) mass is 358 g/mol. The van der Waals surface area contributed by atoms with Gasteiger partial charge < -0.3 is 5.32 Å². The summed E-state index contributed by atoms with van der Waals surface area (Å²) in [5, 5.41) is 4.40. The molecular formula is C16H24BrClN2. The van der Waals surface area contributed by atoms with Crippen LogP contribution in [0.25, 0.3) is 0 Å². The van der Waals surface area contributed by atoms with E-state index in [1.165, 1.54) is 18.4 Å². The third-order valence-electron chi connectivity index (χ3n) is 4.08. The highest BCUT2D eigenvalue weighted by molar-refractivity contribution is 9.10. The molecule has 1 fully saturated rings. The minimum atomic E-state index is 0.459. The number of rotatable bonds is 4. The van der Waals surface area contributed by atoms with E-state index in [0.29, 0.717) is 18.0 Å². The summed E-state index contributed by atoms with van der Waals surface area (Å²) in [6.07, 6.45) is 2.56. The van der Waals surface area contributed by atoms with Crippen LogP contribution in [0.3, 0.4) is 0 Å². The van der Waals surface area contributed by atoms with E-state index < -0.39 is 0 Å². The largest absolute Gasteiger partial charge is 0.314 e. The molecule has 4 heteroatoms. The maximum atomic E-state index is 6.27. The van der Waals surface area contributed by atoms with Gasteiger partial charge in [0.05, 0.1) is 5.02 Å². The molecule has 1 heterocycles. The molecule has 0 spiro atoms. The Balaban J connectivity index is 2.20. The normalized spacial score (nSPS) is 24.3. The highest BCUT2D eigenvalue weighted by Crippen LogP contribution is 2.37. The van der Waals surface area contributed by atoms with E-state index in [0.717, 1.165) is 22.6 Å². The van der Waals surface area contributed by atoms with Crippen LogP contribution in [-0.4, -0.2) is 31.1 Å².